The first kappa shape index (κ1) is 17.4. The van der Waals surface area contributed by atoms with E-state index in [9.17, 15) is 39.7 Å². The molecule has 0 spiro atoms. The van der Waals surface area contributed by atoms with Crippen LogP contribution in [0.2, 0.25) is 0 Å². The van der Waals surface area contributed by atoms with Crippen LogP contribution >= 0.6 is 7.37 Å². The van der Waals surface area contributed by atoms with Gasteiger partial charge in [0, 0.05) is 12.3 Å². The Bertz CT molecular complexity index is 422. The summed E-state index contributed by atoms with van der Waals surface area (Å²) in [5.74, 6) is -18.2. The summed E-state index contributed by atoms with van der Waals surface area (Å²) in [6.45, 7) is -2.33. The lowest BCUT2D eigenvalue weighted by Crippen LogP contribution is -2.59. The molecular formula is C9H9F8O2P. The summed E-state index contributed by atoms with van der Waals surface area (Å²) in [6, 6.07) is 0. The molecule has 0 saturated heterocycles. The molecule has 0 unspecified atom stereocenters. The van der Waals surface area contributed by atoms with Gasteiger partial charge in [-0.25, -0.2) is 8.78 Å². The number of hydrogen-bond donors (Lipinski definition) is 0. The zero-order chi connectivity index (χ0) is 15.8. The third kappa shape index (κ3) is 3.00. The van der Waals surface area contributed by atoms with Gasteiger partial charge in [-0.3, -0.25) is 4.57 Å². The minimum atomic E-state index is -6.33. The zero-order valence-corrected chi connectivity index (χ0v) is 10.5. The Labute approximate surface area is 108 Å². The van der Waals surface area contributed by atoms with Crippen molar-refractivity contribution in [3.05, 3.63) is 12.2 Å². The lowest BCUT2D eigenvalue weighted by atomic mass is 10.1. The molecule has 0 aromatic rings. The molecule has 1 heterocycles. The fraction of sp³-hybridized carbons (Fsp3) is 0.778. The summed E-state index contributed by atoms with van der Waals surface area (Å²) in [5.41, 5.74) is 0. The first-order valence-corrected chi connectivity index (χ1v) is 7.14. The minimum absolute atomic E-state index is 0.306. The number of alkyl halides is 8. The van der Waals surface area contributed by atoms with E-state index in [0.29, 0.717) is 0 Å². The molecular weight excluding hydrogens is 323 g/mol. The molecule has 0 fully saturated rings. The minimum Gasteiger partial charge on any atom is -0.321 e. The molecule has 0 radical (unpaired) electrons. The normalized spacial score (nSPS) is 19.9. The smallest absolute Gasteiger partial charge is 0.321 e. The number of rotatable bonds is 6. The second-order valence-electron chi connectivity index (χ2n) is 4.13. The summed E-state index contributed by atoms with van der Waals surface area (Å²) in [7, 11) is -3.67. The van der Waals surface area contributed by atoms with E-state index in [-0.39, 0.29) is 12.3 Å². The van der Waals surface area contributed by atoms with Crippen LogP contribution in [-0.2, 0) is 9.09 Å². The highest BCUT2D eigenvalue weighted by Gasteiger charge is 2.75. The molecule has 0 atom stereocenters. The number of hydrogen-bond acceptors (Lipinski definition) is 2. The summed E-state index contributed by atoms with van der Waals surface area (Å²) < 4.78 is 116. The predicted octanol–water partition coefficient (Wildman–Crippen LogP) is 4.02. The molecule has 0 amide bonds. The van der Waals surface area contributed by atoms with Gasteiger partial charge in [-0.1, -0.05) is 12.2 Å². The molecule has 0 N–H and O–H groups in total. The highest BCUT2D eigenvalue weighted by Crippen LogP contribution is 2.54. The van der Waals surface area contributed by atoms with E-state index < -0.39 is 38.2 Å². The molecule has 20 heavy (non-hydrogen) atoms. The molecule has 0 aromatic carbocycles. The van der Waals surface area contributed by atoms with Crippen LogP contribution in [0.5, 0.6) is 0 Å². The van der Waals surface area contributed by atoms with Crippen LogP contribution in [0.25, 0.3) is 0 Å². The second-order valence-corrected chi connectivity index (χ2v) is 6.74. The summed E-state index contributed by atoms with van der Waals surface area (Å²) >= 11 is 0. The Balaban J connectivity index is 2.84. The monoisotopic (exact) mass is 332 g/mol. The Kier molecular flexibility index (Phi) is 4.61. The van der Waals surface area contributed by atoms with Gasteiger partial charge in [0.2, 0.25) is 7.37 Å². The van der Waals surface area contributed by atoms with Gasteiger partial charge in [-0.15, -0.1) is 0 Å². The van der Waals surface area contributed by atoms with Crippen LogP contribution in [0.4, 0.5) is 35.1 Å². The molecule has 0 saturated carbocycles. The molecule has 1 rings (SSSR count). The average molecular weight is 332 g/mol. The molecule has 2 nitrogen and oxygen atoms in total. The van der Waals surface area contributed by atoms with Crippen LogP contribution in [0, 0.1) is 0 Å². The maximum Gasteiger partial charge on any atom is 0.380 e. The van der Waals surface area contributed by atoms with Crippen molar-refractivity contribution in [2.24, 2.45) is 0 Å². The van der Waals surface area contributed by atoms with Gasteiger partial charge in [-0.05, 0) is 0 Å². The summed E-state index contributed by atoms with van der Waals surface area (Å²) in [6.07, 6.45) is -3.03. The van der Waals surface area contributed by atoms with Gasteiger partial charge in [0.1, 0.15) is 6.61 Å². The molecule has 1 aliphatic heterocycles. The van der Waals surface area contributed by atoms with Crippen molar-refractivity contribution < 1.29 is 44.2 Å². The SMILES string of the molecule is O=P1(OCC(F)(F)C(F)(F)C(F)(F)C(F)F)CC=CC1. The topological polar surface area (TPSA) is 26.3 Å². The van der Waals surface area contributed by atoms with E-state index in [1.165, 1.54) is 12.2 Å². The van der Waals surface area contributed by atoms with Gasteiger partial charge in [-0.2, -0.15) is 26.3 Å². The zero-order valence-electron chi connectivity index (χ0n) is 9.64. The van der Waals surface area contributed by atoms with Crippen molar-refractivity contribution in [3.8, 4) is 0 Å². The Hall–Kier alpha value is -0.630. The Morgan fingerprint density at radius 2 is 1.50 bits per heavy atom. The van der Waals surface area contributed by atoms with Crippen molar-refractivity contribution in [1.82, 2.24) is 0 Å². The van der Waals surface area contributed by atoms with Crippen LogP contribution < -0.4 is 0 Å². The van der Waals surface area contributed by atoms with Gasteiger partial charge >= 0.3 is 24.2 Å². The average Bonchev–Trinajstić information content (AvgIpc) is 2.74. The van der Waals surface area contributed by atoms with Crippen molar-refractivity contribution >= 4 is 7.37 Å². The second kappa shape index (κ2) is 5.29. The first-order valence-electron chi connectivity index (χ1n) is 5.15. The van der Waals surface area contributed by atoms with E-state index in [0.717, 1.165) is 0 Å². The number of allylic oxidation sites excluding steroid dienone is 2. The van der Waals surface area contributed by atoms with Gasteiger partial charge in [0.15, 0.2) is 0 Å². The van der Waals surface area contributed by atoms with E-state index >= 15 is 0 Å². The largest absolute Gasteiger partial charge is 0.380 e. The predicted molar refractivity (Wildman–Crippen MR) is 53.3 cm³/mol. The quantitative estimate of drug-likeness (QED) is 0.417. The third-order valence-electron chi connectivity index (χ3n) is 2.57. The highest BCUT2D eigenvalue weighted by molar-refractivity contribution is 7.59. The Morgan fingerprint density at radius 1 is 1.05 bits per heavy atom. The number of halogens is 8. The summed E-state index contributed by atoms with van der Waals surface area (Å²) in [5, 5.41) is 0. The van der Waals surface area contributed by atoms with Crippen LogP contribution in [0.1, 0.15) is 0 Å². The van der Waals surface area contributed by atoms with E-state index in [2.05, 4.69) is 4.52 Å². The maximum absolute atomic E-state index is 13.1. The van der Waals surface area contributed by atoms with Crippen molar-refractivity contribution in [2.45, 2.75) is 24.2 Å². The Morgan fingerprint density at radius 3 is 1.90 bits per heavy atom. The maximum atomic E-state index is 13.1. The van der Waals surface area contributed by atoms with Gasteiger partial charge in [0.25, 0.3) is 0 Å². The van der Waals surface area contributed by atoms with Crippen LogP contribution in [-0.4, -0.2) is 43.1 Å². The van der Waals surface area contributed by atoms with E-state index in [1.807, 2.05) is 0 Å². The molecule has 0 bridgehead atoms. The summed E-state index contributed by atoms with van der Waals surface area (Å²) in [4.78, 5) is 0. The first-order chi connectivity index (χ1) is 8.86. The molecule has 1 aliphatic rings. The van der Waals surface area contributed by atoms with Crippen LogP contribution in [0.3, 0.4) is 0 Å². The highest BCUT2D eigenvalue weighted by atomic mass is 31.2. The van der Waals surface area contributed by atoms with Gasteiger partial charge < -0.3 is 4.52 Å². The van der Waals surface area contributed by atoms with E-state index in [1.54, 1.807) is 0 Å². The van der Waals surface area contributed by atoms with Crippen molar-refractivity contribution in [3.63, 3.8) is 0 Å². The third-order valence-corrected chi connectivity index (χ3v) is 4.70. The fourth-order valence-electron chi connectivity index (χ4n) is 1.32. The van der Waals surface area contributed by atoms with Crippen molar-refractivity contribution in [2.75, 3.05) is 18.9 Å². The molecule has 11 heteroatoms. The standard InChI is InChI=1S/C9H9F8O2P/c10-6(11)8(14,15)9(16,17)7(12,13)5-19-20(18)3-1-2-4-20/h1-2,6H,3-5H2. The van der Waals surface area contributed by atoms with E-state index in [4.69, 9.17) is 0 Å². The van der Waals surface area contributed by atoms with Gasteiger partial charge in [0.05, 0.1) is 0 Å². The molecule has 118 valence electrons. The van der Waals surface area contributed by atoms with Crippen LogP contribution in [0.15, 0.2) is 12.2 Å². The fourth-order valence-corrected chi connectivity index (χ4v) is 3.02. The lowest BCUT2D eigenvalue weighted by Gasteiger charge is -2.32. The molecule has 0 aliphatic carbocycles. The molecule has 0 aromatic heterocycles. The van der Waals surface area contributed by atoms with Crippen molar-refractivity contribution in [1.29, 1.82) is 0 Å². The lowest BCUT2D eigenvalue weighted by molar-refractivity contribution is -0.342.